The molecule has 0 saturated carbocycles. The van der Waals surface area contributed by atoms with Gasteiger partial charge in [-0.3, -0.25) is 9.80 Å². The molecule has 0 spiro atoms. The number of nitrogens with two attached hydrogens (primary N) is 2. The Kier molecular flexibility index (Phi) is 10.7. The summed E-state index contributed by atoms with van der Waals surface area (Å²) in [6.07, 6.45) is 1.30. The van der Waals surface area contributed by atoms with Gasteiger partial charge >= 0.3 is 0 Å². The number of amides is 1. The lowest BCUT2D eigenvalue weighted by Crippen LogP contribution is -2.52. The zero-order valence-electron chi connectivity index (χ0n) is 18.8. The molecule has 0 radical (unpaired) electrons. The number of aliphatic hydroxyl groups excluding tert-OH is 2. The van der Waals surface area contributed by atoms with E-state index in [4.69, 9.17) is 38.7 Å². The van der Waals surface area contributed by atoms with Crippen molar-refractivity contribution in [3.63, 3.8) is 0 Å². The second-order valence-corrected chi connectivity index (χ2v) is 7.90. The van der Waals surface area contributed by atoms with Crippen molar-refractivity contribution in [1.82, 2.24) is 15.5 Å². The summed E-state index contributed by atoms with van der Waals surface area (Å²) in [4.78, 5) is 15.4. The largest absolute Gasteiger partial charge is 0.474 e. The number of benzene rings is 1. The van der Waals surface area contributed by atoms with Gasteiger partial charge in [0.05, 0.1) is 45.1 Å². The number of anilines is 2. The number of piperazine rings is 1. The van der Waals surface area contributed by atoms with Crippen LogP contribution in [0.2, 0.25) is 0 Å². The molecule has 2 rings (SSSR count). The number of ether oxygens (including phenoxy) is 1. The van der Waals surface area contributed by atoms with Crippen LogP contribution in [0.4, 0.5) is 20.2 Å². The smallest absolute Gasteiger partial charge is 0.256 e. The molecule has 0 aliphatic carbocycles. The number of carbonyl (C=O) groups excluding carboxylic acids is 1. The molecule has 0 atom stereocenters. The molecule has 11 nitrogen and oxygen atoms in total. The van der Waals surface area contributed by atoms with Crippen molar-refractivity contribution in [1.29, 1.82) is 0 Å². The maximum atomic E-state index is 14.8. The Morgan fingerprint density at radius 2 is 1.82 bits per heavy atom. The topological polar surface area (TPSA) is 153 Å². The summed E-state index contributed by atoms with van der Waals surface area (Å²) in [5.41, 5.74) is 5.94. The number of rotatable bonds is 10. The first-order valence-corrected chi connectivity index (χ1v) is 10.9. The van der Waals surface area contributed by atoms with Crippen molar-refractivity contribution >= 4 is 34.7 Å². The SMILES string of the molecule is COC(=S)NC/C(N)=C/N(N)c1cc(F)c(N2CCN(C(=O)CNC(CO)CO)CC2)c(F)c1. The van der Waals surface area contributed by atoms with Crippen LogP contribution in [-0.4, -0.2) is 91.8 Å². The Hall–Kier alpha value is -2.78. The Labute approximate surface area is 201 Å². The molecule has 1 saturated heterocycles. The van der Waals surface area contributed by atoms with Gasteiger partial charge in [-0.05, 0) is 12.2 Å². The summed E-state index contributed by atoms with van der Waals surface area (Å²) in [7, 11) is 1.40. The van der Waals surface area contributed by atoms with E-state index in [9.17, 15) is 13.6 Å². The second-order valence-electron chi connectivity index (χ2n) is 7.53. The highest BCUT2D eigenvalue weighted by Gasteiger charge is 2.26. The Morgan fingerprint density at radius 1 is 1.24 bits per heavy atom. The van der Waals surface area contributed by atoms with E-state index in [0.717, 1.165) is 17.1 Å². The van der Waals surface area contributed by atoms with Crippen LogP contribution in [0.3, 0.4) is 0 Å². The first-order chi connectivity index (χ1) is 16.2. The van der Waals surface area contributed by atoms with Crippen LogP contribution in [0.5, 0.6) is 0 Å². The maximum Gasteiger partial charge on any atom is 0.256 e. The van der Waals surface area contributed by atoms with Crippen molar-refractivity contribution in [3.05, 3.63) is 35.7 Å². The lowest BCUT2D eigenvalue weighted by atomic mass is 10.2. The van der Waals surface area contributed by atoms with Gasteiger partial charge in [0.15, 0.2) is 11.6 Å². The molecule has 1 aliphatic heterocycles. The number of hydrazine groups is 1. The van der Waals surface area contributed by atoms with Crippen molar-refractivity contribution in [2.45, 2.75) is 6.04 Å². The first kappa shape index (κ1) is 27.5. The summed E-state index contributed by atoms with van der Waals surface area (Å²) in [6, 6.07) is 1.61. The molecule has 1 aromatic carbocycles. The zero-order chi connectivity index (χ0) is 25.3. The number of hydrogen-bond donors (Lipinski definition) is 6. The van der Waals surface area contributed by atoms with E-state index >= 15 is 0 Å². The standard InChI is InChI=1S/C20H31F2N7O4S/c1-33-20(34)26-8-13(23)10-29(24)15-6-16(21)19(17(22)7-15)28-4-2-27(3-5-28)18(32)9-25-14(11-30)12-31/h6-7,10,14,25,30-31H,2-5,8-9,11-12,23-24H2,1H3,(H,26,34)/b13-10-. The van der Waals surface area contributed by atoms with Crippen LogP contribution in [-0.2, 0) is 9.53 Å². The number of nitrogens with one attached hydrogen (secondary N) is 2. The minimum atomic E-state index is -0.800. The van der Waals surface area contributed by atoms with Crippen molar-refractivity contribution < 1.29 is 28.5 Å². The summed E-state index contributed by atoms with van der Waals surface area (Å²) >= 11 is 4.84. The van der Waals surface area contributed by atoms with Gasteiger partial charge in [-0.25, -0.2) is 14.6 Å². The normalized spacial score (nSPS) is 14.4. The van der Waals surface area contributed by atoms with Gasteiger partial charge in [-0.2, -0.15) is 0 Å². The number of methoxy groups -OCH3 is 1. The van der Waals surface area contributed by atoms with Crippen LogP contribution in [0.1, 0.15) is 0 Å². The van der Waals surface area contributed by atoms with Crippen molar-refractivity contribution in [2.75, 3.05) is 69.5 Å². The molecule has 0 aromatic heterocycles. The van der Waals surface area contributed by atoms with Gasteiger partial charge in [0.1, 0.15) is 5.69 Å². The number of hydrogen-bond acceptors (Lipinski definition) is 10. The van der Waals surface area contributed by atoms with Crippen LogP contribution in [0.25, 0.3) is 0 Å². The van der Waals surface area contributed by atoms with Crippen LogP contribution in [0.15, 0.2) is 24.0 Å². The minimum absolute atomic E-state index is 0.0539. The van der Waals surface area contributed by atoms with Gasteiger partial charge in [0.2, 0.25) is 5.91 Å². The Bertz CT molecular complexity index is 857. The molecule has 1 fully saturated rings. The molecule has 8 N–H and O–H groups in total. The number of carbonyl (C=O) groups is 1. The van der Waals surface area contributed by atoms with Crippen molar-refractivity contribution in [2.24, 2.45) is 11.6 Å². The molecule has 190 valence electrons. The fraction of sp³-hybridized carbons (Fsp3) is 0.500. The third kappa shape index (κ3) is 7.63. The van der Waals surface area contributed by atoms with Gasteiger partial charge in [0.25, 0.3) is 5.17 Å². The average Bonchev–Trinajstić information content (AvgIpc) is 2.82. The number of aliphatic hydroxyl groups is 2. The predicted molar refractivity (Wildman–Crippen MR) is 128 cm³/mol. The highest BCUT2D eigenvalue weighted by atomic mass is 32.1. The summed E-state index contributed by atoms with van der Waals surface area (Å²) in [5.74, 6) is 4.05. The van der Waals surface area contributed by atoms with Gasteiger partial charge in [-0.15, -0.1) is 0 Å². The van der Waals surface area contributed by atoms with E-state index in [1.165, 1.54) is 18.2 Å². The van der Waals surface area contributed by atoms with Crippen LogP contribution in [0, 0.1) is 11.6 Å². The summed E-state index contributed by atoms with van der Waals surface area (Å²) in [5, 5.41) is 24.7. The minimum Gasteiger partial charge on any atom is -0.474 e. The fourth-order valence-corrected chi connectivity index (χ4v) is 3.33. The molecule has 0 unspecified atom stereocenters. The molecule has 1 amide bonds. The molecule has 34 heavy (non-hydrogen) atoms. The quantitative estimate of drug-likeness (QED) is 0.126. The third-order valence-electron chi connectivity index (χ3n) is 5.16. The van der Waals surface area contributed by atoms with Gasteiger partial charge < -0.3 is 41.1 Å². The maximum absolute atomic E-state index is 14.8. The second kappa shape index (κ2) is 13.2. The number of halogens is 2. The summed E-state index contributed by atoms with van der Waals surface area (Å²) < 4.78 is 34.5. The van der Waals surface area contributed by atoms with E-state index in [1.807, 2.05) is 0 Å². The highest BCUT2D eigenvalue weighted by molar-refractivity contribution is 7.80. The van der Waals surface area contributed by atoms with Crippen molar-refractivity contribution in [3.8, 4) is 0 Å². The predicted octanol–water partition coefficient (Wildman–Crippen LogP) is -1.44. The molecule has 1 aliphatic rings. The van der Waals surface area contributed by atoms with E-state index in [1.54, 1.807) is 4.90 Å². The molecule has 1 heterocycles. The molecule has 14 heteroatoms. The molecule has 1 aromatic rings. The molecular formula is C20H31F2N7O4S. The number of nitrogens with zero attached hydrogens (tertiary/aromatic N) is 3. The van der Waals surface area contributed by atoms with E-state index in [-0.39, 0.29) is 80.6 Å². The van der Waals surface area contributed by atoms with E-state index in [2.05, 4.69) is 10.6 Å². The summed E-state index contributed by atoms with van der Waals surface area (Å²) in [6.45, 7) is 0.465. The monoisotopic (exact) mass is 503 g/mol. The van der Waals surface area contributed by atoms with Crippen LogP contribution < -0.4 is 32.1 Å². The Morgan fingerprint density at radius 3 is 2.35 bits per heavy atom. The first-order valence-electron chi connectivity index (χ1n) is 10.5. The fourth-order valence-electron chi connectivity index (χ4n) is 3.26. The molecular weight excluding hydrogens is 472 g/mol. The third-order valence-corrected chi connectivity index (χ3v) is 5.47. The zero-order valence-corrected chi connectivity index (χ0v) is 19.7. The lowest BCUT2D eigenvalue weighted by molar-refractivity contribution is -0.130. The highest BCUT2D eigenvalue weighted by Crippen LogP contribution is 2.29. The van der Waals surface area contributed by atoms with E-state index < -0.39 is 17.7 Å². The van der Waals surface area contributed by atoms with E-state index in [0.29, 0.717) is 0 Å². The van der Waals surface area contributed by atoms with Crippen LogP contribution >= 0.6 is 12.2 Å². The van der Waals surface area contributed by atoms with Gasteiger partial charge in [-0.1, -0.05) is 0 Å². The lowest BCUT2D eigenvalue weighted by Gasteiger charge is -2.36. The number of thiocarbonyl (C=S) groups is 1. The average molecular weight is 504 g/mol. The Balaban J connectivity index is 1.99. The van der Waals surface area contributed by atoms with Gasteiger partial charge in [0, 0.05) is 50.2 Å². The molecule has 0 bridgehead atoms.